The molecular formula is C15H18BrNO4. The van der Waals surface area contributed by atoms with Crippen molar-refractivity contribution in [1.29, 1.82) is 0 Å². The second-order valence-corrected chi connectivity index (χ2v) is 6.10. The maximum atomic E-state index is 12.1. The quantitative estimate of drug-likeness (QED) is 0.902. The number of amides is 1. The number of halogens is 1. The topological polar surface area (TPSA) is 56.8 Å². The first kappa shape index (κ1) is 14.7. The number of fused-ring (bicyclic) bond motifs is 1. The van der Waals surface area contributed by atoms with Crippen LogP contribution in [-0.4, -0.2) is 38.4 Å². The van der Waals surface area contributed by atoms with Crippen molar-refractivity contribution in [3.05, 3.63) is 22.7 Å². The fourth-order valence-electron chi connectivity index (χ4n) is 2.52. The lowest BCUT2D eigenvalue weighted by Gasteiger charge is -2.28. The molecule has 0 saturated carbocycles. The van der Waals surface area contributed by atoms with Crippen LogP contribution in [0.15, 0.2) is 22.7 Å². The van der Waals surface area contributed by atoms with Gasteiger partial charge in [0.2, 0.25) is 5.91 Å². The molecule has 3 rings (SSSR count). The Balaban J connectivity index is 1.53. The number of rotatable bonds is 3. The highest BCUT2D eigenvalue weighted by Crippen LogP contribution is 2.38. The van der Waals surface area contributed by atoms with Crippen LogP contribution in [0.4, 0.5) is 0 Å². The molecular weight excluding hydrogens is 338 g/mol. The Hall–Kier alpha value is -1.27. The van der Waals surface area contributed by atoms with E-state index in [1.165, 1.54) is 0 Å². The van der Waals surface area contributed by atoms with Gasteiger partial charge in [0.1, 0.15) is 6.61 Å². The maximum absolute atomic E-state index is 12.1. The van der Waals surface area contributed by atoms with Crippen molar-refractivity contribution in [3.63, 3.8) is 0 Å². The molecule has 0 aromatic heterocycles. The van der Waals surface area contributed by atoms with Crippen LogP contribution in [0.2, 0.25) is 0 Å². The average Bonchev–Trinajstić information content (AvgIpc) is 2.54. The van der Waals surface area contributed by atoms with E-state index in [1.807, 2.05) is 18.2 Å². The summed E-state index contributed by atoms with van der Waals surface area (Å²) in [6.45, 7) is 2.23. The van der Waals surface area contributed by atoms with E-state index >= 15 is 0 Å². The molecule has 1 aromatic carbocycles. The standard InChI is InChI=1S/C15H18BrNO4/c16-12-2-1-3-13-14(12)21-11(9-20-13)8-17-15(18)10-4-6-19-7-5-10/h1-3,10-11H,4-9H2,(H,17,18)/t11-/m1/s1. The molecule has 1 N–H and O–H groups in total. The molecule has 2 aliphatic rings. The summed E-state index contributed by atoms with van der Waals surface area (Å²) in [5.41, 5.74) is 0. The Morgan fingerprint density at radius 2 is 2.14 bits per heavy atom. The molecule has 2 aliphatic heterocycles. The number of benzene rings is 1. The third-order valence-corrected chi connectivity index (χ3v) is 4.36. The Bertz CT molecular complexity index is 516. The number of hydrogen-bond donors (Lipinski definition) is 1. The van der Waals surface area contributed by atoms with Gasteiger partial charge in [-0.1, -0.05) is 6.07 Å². The van der Waals surface area contributed by atoms with Gasteiger partial charge in [-0.2, -0.15) is 0 Å². The number of nitrogens with one attached hydrogen (secondary N) is 1. The maximum Gasteiger partial charge on any atom is 0.223 e. The van der Waals surface area contributed by atoms with Crippen molar-refractivity contribution < 1.29 is 19.0 Å². The molecule has 1 amide bonds. The van der Waals surface area contributed by atoms with Gasteiger partial charge in [0.25, 0.3) is 0 Å². The van der Waals surface area contributed by atoms with Gasteiger partial charge in [0, 0.05) is 19.1 Å². The van der Waals surface area contributed by atoms with Crippen molar-refractivity contribution >= 4 is 21.8 Å². The summed E-state index contributed by atoms with van der Waals surface area (Å²) in [6.07, 6.45) is 1.42. The molecule has 1 aromatic rings. The van der Waals surface area contributed by atoms with Crippen LogP contribution in [0.1, 0.15) is 12.8 Å². The van der Waals surface area contributed by atoms with Crippen molar-refractivity contribution in [1.82, 2.24) is 5.32 Å². The summed E-state index contributed by atoms with van der Waals surface area (Å²) in [4.78, 5) is 12.1. The summed E-state index contributed by atoms with van der Waals surface area (Å²) in [7, 11) is 0. The molecule has 0 aliphatic carbocycles. The molecule has 0 bridgehead atoms. The van der Waals surface area contributed by atoms with Gasteiger partial charge in [0.15, 0.2) is 17.6 Å². The summed E-state index contributed by atoms with van der Waals surface area (Å²) >= 11 is 3.45. The van der Waals surface area contributed by atoms with Crippen LogP contribution in [0.3, 0.4) is 0 Å². The molecule has 1 atom stereocenters. The average molecular weight is 356 g/mol. The molecule has 6 heteroatoms. The smallest absolute Gasteiger partial charge is 0.223 e. The van der Waals surface area contributed by atoms with E-state index in [0.717, 1.165) is 23.1 Å². The van der Waals surface area contributed by atoms with Crippen LogP contribution < -0.4 is 14.8 Å². The molecule has 21 heavy (non-hydrogen) atoms. The molecule has 2 heterocycles. The number of para-hydroxylation sites is 1. The molecule has 114 valence electrons. The highest BCUT2D eigenvalue weighted by molar-refractivity contribution is 9.10. The fourth-order valence-corrected chi connectivity index (χ4v) is 2.96. The van der Waals surface area contributed by atoms with Gasteiger partial charge in [-0.25, -0.2) is 0 Å². The Morgan fingerprint density at radius 1 is 1.33 bits per heavy atom. The van der Waals surface area contributed by atoms with Gasteiger partial charge >= 0.3 is 0 Å². The van der Waals surface area contributed by atoms with Gasteiger partial charge in [-0.15, -0.1) is 0 Å². The summed E-state index contributed by atoms with van der Waals surface area (Å²) in [5, 5.41) is 2.96. The zero-order valence-corrected chi connectivity index (χ0v) is 13.2. The lowest BCUT2D eigenvalue weighted by atomic mass is 9.99. The summed E-state index contributed by atoms with van der Waals surface area (Å²) in [6, 6.07) is 5.68. The Kier molecular flexibility index (Phi) is 4.65. The van der Waals surface area contributed by atoms with Crippen LogP contribution in [0.25, 0.3) is 0 Å². The zero-order chi connectivity index (χ0) is 14.7. The van der Waals surface area contributed by atoms with Gasteiger partial charge in [-0.3, -0.25) is 4.79 Å². The van der Waals surface area contributed by atoms with E-state index in [9.17, 15) is 4.79 Å². The third-order valence-electron chi connectivity index (χ3n) is 3.74. The van der Waals surface area contributed by atoms with Crippen LogP contribution in [0.5, 0.6) is 11.5 Å². The minimum Gasteiger partial charge on any atom is -0.486 e. The first-order valence-corrected chi connectivity index (χ1v) is 7.97. The third kappa shape index (κ3) is 3.49. The van der Waals surface area contributed by atoms with Gasteiger partial charge in [-0.05, 0) is 40.9 Å². The van der Waals surface area contributed by atoms with Gasteiger partial charge in [0.05, 0.1) is 11.0 Å². The predicted molar refractivity (Wildman–Crippen MR) is 80.6 cm³/mol. The van der Waals surface area contributed by atoms with E-state index in [2.05, 4.69) is 21.2 Å². The molecule has 0 radical (unpaired) electrons. The lowest BCUT2D eigenvalue weighted by molar-refractivity contribution is -0.128. The first-order chi connectivity index (χ1) is 10.2. The van der Waals surface area contributed by atoms with Crippen molar-refractivity contribution in [3.8, 4) is 11.5 Å². The van der Waals surface area contributed by atoms with Crippen molar-refractivity contribution in [2.75, 3.05) is 26.4 Å². The monoisotopic (exact) mass is 355 g/mol. The van der Waals surface area contributed by atoms with E-state index < -0.39 is 0 Å². The van der Waals surface area contributed by atoms with E-state index in [4.69, 9.17) is 14.2 Å². The van der Waals surface area contributed by atoms with E-state index in [1.54, 1.807) is 0 Å². The molecule has 1 fully saturated rings. The van der Waals surface area contributed by atoms with E-state index in [0.29, 0.717) is 32.1 Å². The number of carbonyl (C=O) groups excluding carboxylic acids is 1. The molecule has 0 spiro atoms. The number of hydrogen-bond acceptors (Lipinski definition) is 4. The van der Waals surface area contributed by atoms with Crippen LogP contribution >= 0.6 is 15.9 Å². The minimum absolute atomic E-state index is 0.0577. The molecule has 1 saturated heterocycles. The van der Waals surface area contributed by atoms with Crippen molar-refractivity contribution in [2.45, 2.75) is 18.9 Å². The van der Waals surface area contributed by atoms with Crippen LogP contribution in [0, 0.1) is 5.92 Å². The number of ether oxygens (including phenoxy) is 3. The van der Waals surface area contributed by atoms with Crippen LogP contribution in [-0.2, 0) is 9.53 Å². The predicted octanol–water partition coefficient (Wildman–Crippen LogP) is 2.13. The highest BCUT2D eigenvalue weighted by atomic mass is 79.9. The first-order valence-electron chi connectivity index (χ1n) is 7.17. The summed E-state index contributed by atoms with van der Waals surface area (Å²) < 4.78 is 17.7. The van der Waals surface area contributed by atoms with Crippen molar-refractivity contribution in [2.24, 2.45) is 5.92 Å². The highest BCUT2D eigenvalue weighted by Gasteiger charge is 2.26. The zero-order valence-electron chi connectivity index (χ0n) is 11.6. The summed E-state index contributed by atoms with van der Waals surface area (Å²) in [5.74, 6) is 1.58. The number of carbonyl (C=O) groups is 1. The minimum atomic E-state index is -0.167. The molecule has 5 nitrogen and oxygen atoms in total. The fraction of sp³-hybridized carbons (Fsp3) is 0.533. The second kappa shape index (κ2) is 6.66. The largest absolute Gasteiger partial charge is 0.486 e. The molecule has 0 unspecified atom stereocenters. The van der Waals surface area contributed by atoms with E-state index in [-0.39, 0.29) is 17.9 Å². The van der Waals surface area contributed by atoms with Gasteiger partial charge < -0.3 is 19.5 Å². The Labute approximate surface area is 132 Å². The second-order valence-electron chi connectivity index (χ2n) is 5.25. The lowest BCUT2D eigenvalue weighted by Crippen LogP contribution is -2.43. The Morgan fingerprint density at radius 3 is 2.95 bits per heavy atom. The normalized spacial score (nSPS) is 21.9. The SMILES string of the molecule is O=C(NC[C@@H]1COc2cccc(Br)c2O1)C1CCOCC1.